The number of halogens is 1. The number of guanidine groups is 1. The first-order chi connectivity index (χ1) is 14.2. The number of aliphatic imine (C=N–C) groups is 1. The standard InChI is InChI=1S/C20H29N9.HI/c1-26-8-10-27(11-9-26)18-17(4-2-5-22-18)16-25-19(21)28-12-14-29(15-13-28)20-23-6-3-7-24-20;/h2-7H,8-16H2,1H3,(H2,21,25);1H. The van der Waals surface area contributed by atoms with Crippen LogP contribution in [0.1, 0.15) is 5.56 Å². The third-order valence-corrected chi connectivity index (χ3v) is 5.52. The van der Waals surface area contributed by atoms with Gasteiger partial charge in [-0.15, -0.1) is 24.0 Å². The summed E-state index contributed by atoms with van der Waals surface area (Å²) in [4.78, 5) is 27.0. The number of aromatic nitrogens is 3. The molecule has 0 radical (unpaired) electrons. The van der Waals surface area contributed by atoms with Gasteiger partial charge in [0.1, 0.15) is 5.82 Å². The van der Waals surface area contributed by atoms with E-state index in [1.54, 1.807) is 12.4 Å². The zero-order chi connectivity index (χ0) is 20.1. The lowest BCUT2D eigenvalue weighted by Crippen LogP contribution is -2.51. The number of anilines is 2. The van der Waals surface area contributed by atoms with E-state index in [0.29, 0.717) is 12.5 Å². The summed E-state index contributed by atoms with van der Waals surface area (Å²) >= 11 is 0. The van der Waals surface area contributed by atoms with Gasteiger partial charge in [-0.25, -0.2) is 19.9 Å². The van der Waals surface area contributed by atoms with Crippen molar-refractivity contribution in [2.45, 2.75) is 6.54 Å². The molecule has 162 valence electrons. The van der Waals surface area contributed by atoms with Crippen LogP contribution < -0.4 is 15.5 Å². The zero-order valence-corrected chi connectivity index (χ0v) is 19.7. The Hall–Kier alpha value is -2.21. The highest BCUT2D eigenvalue weighted by atomic mass is 127. The van der Waals surface area contributed by atoms with Crippen LogP contribution in [0, 0.1) is 0 Å². The lowest BCUT2D eigenvalue weighted by Gasteiger charge is -2.35. The molecule has 2 N–H and O–H groups in total. The quantitative estimate of drug-likeness (QED) is 0.359. The fraction of sp³-hybridized carbons (Fsp3) is 0.500. The molecule has 0 atom stereocenters. The number of hydrogen-bond donors (Lipinski definition) is 1. The molecule has 4 rings (SSSR count). The molecule has 0 unspecified atom stereocenters. The largest absolute Gasteiger partial charge is 0.370 e. The van der Waals surface area contributed by atoms with Crippen molar-refractivity contribution in [1.82, 2.24) is 24.8 Å². The fourth-order valence-electron chi connectivity index (χ4n) is 3.71. The SMILES string of the molecule is CN1CCN(c2ncccc2CN=C(N)N2CCN(c3ncccn3)CC2)CC1.I. The van der Waals surface area contributed by atoms with Crippen molar-refractivity contribution in [3.8, 4) is 0 Å². The predicted octanol–water partition coefficient (Wildman–Crippen LogP) is 0.878. The molecule has 2 aromatic heterocycles. The summed E-state index contributed by atoms with van der Waals surface area (Å²) in [6, 6.07) is 5.90. The van der Waals surface area contributed by atoms with E-state index in [1.807, 2.05) is 18.3 Å². The second-order valence-electron chi connectivity index (χ2n) is 7.47. The highest BCUT2D eigenvalue weighted by Crippen LogP contribution is 2.20. The van der Waals surface area contributed by atoms with Crippen molar-refractivity contribution >= 4 is 41.7 Å². The Kier molecular flexibility index (Phi) is 8.02. The van der Waals surface area contributed by atoms with Crippen molar-refractivity contribution in [2.75, 3.05) is 69.2 Å². The van der Waals surface area contributed by atoms with E-state index < -0.39 is 0 Å². The molecule has 4 heterocycles. The molecular weight excluding hydrogens is 493 g/mol. The van der Waals surface area contributed by atoms with Crippen molar-refractivity contribution in [3.63, 3.8) is 0 Å². The smallest absolute Gasteiger partial charge is 0.225 e. The van der Waals surface area contributed by atoms with Gasteiger partial charge in [-0.1, -0.05) is 6.07 Å². The average molecular weight is 523 g/mol. The number of rotatable bonds is 4. The Balaban J connectivity index is 0.00000256. The molecule has 30 heavy (non-hydrogen) atoms. The van der Waals surface area contributed by atoms with E-state index in [9.17, 15) is 0 Å². The monoisotopic (exact) mass is 523 g/mol. The number of piperazine rings is 2. The Morgan fingerprint density at radius 2 is 1.53 bits per heavy atom. The van der Waals surface area contributed by atoms with Crippen molar-refractivity contribution in [3.05, 3.63) is 42.4 Å². The number of nitrogens with zero attached hydrogens (tertiary/aromatic N) is 8. The van der Waals surface area contributed by atoms with E-state index in [2.05, 4.69) is 52.7 Å². The van der Waals surface area contributed by atoms with Gasteiger partial charge >= 0.3 is 0 Å². The minimum Gasteiger partial charge on any atom is -0.370 e. The summed E-state index contributed by atoms with van der Waals surface area (Å²) in [7, 11) is 2.16. The van der Waals surface area contributed by atoms with Crippen molar-refractivity contribution < 1.29 is 0 Å². The van der Waals surface area contributed by atoms with Gasteiger partial charge < -0.3 is 25.3 Å². The highest BCUT2D eigenvalue weighted by Gasteiger charge is 2.21. The predicted molar refractivity (Wildman–Crippen MR) is 131 cm³/mol. The maximum atomic E-state index is 6.31. The minimum atomic E-state index is 0. The molecule has 0 amide bonds. The van der Waals surface area contributed by atoms with Gasteiger partial charge in [0.05, 0.1) is 6.54 Å². The van der Waals surface area contributed by atoms with Crippen LogP contribution in [0.25, 0.3) is 0 Å². The number of pyridine rings is 1. The molecule has 0 spiro atoms. The molecular formula is C20H30IN9. The van der Waals surface area contributed by atoms with Gasteiger partial charge in [0.25, 0.3) is 0 Å². The summed E-state index contributed by atoms with van der Waals surface area (Å²) in [5.41, 5.74) is 7.43. The van der Waals surface area contributed by atoms with Gasteiger partial charge in [0.2, 0.25) is 5.95 Å². The van der Waals surface area contributed by atoms with Crippen LogP contribution in [0.5, 0.6) is 0 Å². The molecule has 2 saturated heterocycles. The molecule has 0 aromatic carbocycles. The molecule has 2 aliphatic rings. The summed E-state index contributed by atoms with van der Waals surface area (Å²) in [5, 5.41) is 0. The number of nitrogens with two attached hydrogens (primary N) is 1. The van der Waals surface area contributed by atoms with Gasteiger partial charge in [-0.05, 0) is 19.2 Å². The summed E-state index contributed by atoms with van der Waals surface area (Å²) in [5.74, 6) is 2.39. The van der Waals surface area contributed by atoms with Crippen LogP contribution in [0.3, 0.4) is 0 Å². The molecule has 9 nitrogen and oxygen atoms in total. The Morgan fingerprint density at radius 1 is 0.900 bits per heavy atom. The topological polar surface area (TPSA) is 90.0 Å². The highest BCUT2D eigenvalue weighted by molar-refractivity contribution is 14.0. The van der Waals surface area contributed by atoms with Crippen LogP contribution in [-0.4, -0.2) is 90.1 Å². The lowest BCUT2D eigenvalue weighted by atomic mass is 10.2. The summed E-state index contributed by atoms with van der Waals surface area (Å²) in [6.45, 7) is 7.92. The Morgan fingerprint density at radius 3 is 2.23 bits per heavy atom. The molecule has 2 fully saturated rings. The average Bonchev–Trinajstić information content (AvgIpc) is 2.79. The Bertz CT molecular complexity index is 816. The van der Waals surface area contributed by atoms with E-state index in [4.69, 9.17) is 5.73 Å². The van der Waals surface area contributed by atoms with Crippen molar-refractivity contribution in [1.29, 1.82) is 0 Å². The van der Waals surface area contributed by atoms with Crippen LogP contribution in [-0.2, 0) is 6.54 Å². The van der Waals surface area contributed by atoms with Crippen molar-refractivity contribution in [2.24, 2.45) is 10.7 Å². The van der Waals surface area contributed by atoms with Gasteiger partial charge in [0, 0.05) is 76.5 Å². The number of hydrogen-bond acceptors (Lipinski definition) is 7. The maximum Gasteiger partial charge on any atom is 0.225 e. The second kappa shape index (κ2) is 10.7. The van der Waals surface area contributed by atoms with Gasteiger partial charge in [-0.3, -0.25) is 0 Å². The molecule has 2 aliphatic heterocycles. The molecule has 10 heteroatoms. The van der Waals surface area contributed by atoms with E-state index in [1.165, 1.54) is 0 Å². The number of likely N-dealkylation sites (N-methyl/N-ethyl adjacent to an activating group) is 1. The Labute approximate surface area is 195 Å². The first-order valence-electron chi connectivity index (χ1n) is 10.1. The molecule has 2 aromatic rings. The van der Waals surface area contributed by atoms with Crippen LogP contribution in [0.2, 0.25) is 0 Å². The van der Waals surface area contributed by atoms with Crippen LogP contribution in [0.15, 0.2) is 41.8 Å². The van der Waals surface area contributed by atoms with E-state index >= 15 is 0 Å². The summed E-state index contributed by atoms with van der Waals surface area (Å²) in [6.07, 6.45) is 5.40. The normalized spacial score (nSPS) is 18.3. The lowest BCUT2D eigenvalue weighted by molar-refractivity contribution is 0.312. The summed E-state index contributed by atoms with van der Waals surface area (Å²) < 4.78 is 0. The minimum absolute atomic E-state index is 0. The molecule has 0 aliphatic carbocycles. The van der Waals surface area contributed by atoms with E-state index in [0.717, 1.165) is 69.7 Å². The fourth-order valence-corrected chi connectivity index (χ4v) is 3.71. The van der Waals surface area contributed by atoms with Crippen LogP contribution >= 0.6 is 24.0 Å². The second-order valence-corrected chi connectivity index (χ2v) is 7.47. The maximum absolute atomic E-state index is 6.31. The van der Waals surface area contributed by atoms with Gasteiger partial charge in [0.15, 0.2) is 5.96 Å². The first kappa shape index (κ1) is 22.5. The van der Waals surface area contributed by atoms with Gasteiger partial charge in [-0.2, -0.15) is 0 Å². The third kappa shape index (κ3) is 5.48. The van der Waals surface area contributed by atoms with Crippen LogP contribution in [0.4, 0.5) is 11.8 Å². The van der Waals surface area contributed by atoms with E-state index in [-0.39, 0.29) is 24.0 Å². The third-order valence-electron chi connectivity index (χ3n) is 5.52. The molecule has 0 bridgehead atoms. The zero-order valence-electron chi connectivity index (χ0n) is 17.4. The first-order valence-corrected chi connectivity index (χ1v) is 10.1. The molecule has 0 saturated carbocycles.